The number of halogens is 3. The molecule has 0 radical (unpaired) electrons. The standard InChI is InChI=1S/C28H30F3N5O5/c1-35(23(37)20(10-16-6-7-16)34-26(40)28(29,30)31)21(11-17-8-9-17)24(38)36-15-27(12-19(36)13-32)25(39)33-14-18-4-2-3-5-22(18)41-27/h2-5,10,16-17,19,21H,6-9,11-12,14-15H2,1H3,(H,33,39)(H,34,40)/t19-,21-,27+/m0/s1. The Morgan fingerprint density at radius 3 is 2.61 bits per heavy atom. The van der Waals surface area contributed by atoms with Crippen molar-refractivity contribution in [3.8, 4) is 11.8 Å². The first-order valence-corrected chi connectivity index (χ1v) is 13.5. The second-order valence-corrected chi connectivity index (χ2v) is 11.2. The number of carbonyl (C=O) groups is 4. The molecule has 10 nitrogen and oxygen atoms in total. The molecule has 2 saturated carbocycles. The van der Waals surface area contributed by atoms with Gasteiger partial charge in [0.2, 0.25) is 11.5 Å². The molecule has 4 aliphatic rings. The molecule has 1 spiro atoms. The van der Waals surface area contributed by atoms with Gasteiger partial charge in [0, 0.05) is 25.6 Å². The molecule has 0 aromatic heterocycles. The number of para-hydroxylation sites is 1. The number of likely N-dealkylation sites (tertiary alicyclic amines) is 1. The zero-order valence-corrected chi connectivity index (χ0v) is 22.4. The lowest BCUT2D eigenvalue weighted by Crippen LogP contribution is -2.55. The molecule has 3 atom stereocenters. The van der Waals surface area contributed by atoms with Gasteiger partial charge in [-0.15, -0.1) is 0 Å². The van der Waals surface area contributed by atoms with Gasteiger partial charge in [0.1, 0.15) is 23.5 Å². The summed E-state index contributed by atoms with van der Waals surface area (Å²) < 4.78 is 45.2. The van der Waals surface area contributed by atoms with Crippen LogP contribution >= 0.6 is 0 Å². The summed E-state index contributed by atoms with van der Waals surface area (Å²) in [4.78, 5) is 54.7. The van der Waals surface area contributed by atoms with Crippen LogP contribution in [0, 0.1) is 23.2 Å². The molecule has 1 aromatic rings. The van der Waals surface area contributed by atoms with E-state index in [4.69, 9.17) is 4.74 Å². The third kappa shape index (κ3) is 6.01. The molecule has 2 heterocycles. The summed E-state index contributed by atoms with van der Waals surface area (Å²) >= 11 is 0. The number of rotatable bonds is 7. The molecule has 0 unspecified atom stereocenters. The van der Waals surface area contributed by atoms with E-state index in [-0.39, 0.29) is 37.8 Å². The number of ether oxygens (including phenoxy) is 1. The monoisotopic (exact) mass is 573 g/mol. The van der Waals surface area contributed by atoms with Gasteiger partial charge in [-0.05, 0) is 37.2 Å². The molecule has 13 heteroatoms. The Labute approximate surface area is 234 Å². The van der Waals surface area contributed by atoms with E-state index in [0.29, 0.717) is 18.6 Å². The molecular weight excluding hydrogens is 543 g/mol. The molecular formula is C28H30F3N5O5. The lowest BCUT2D eigenvalue weighted by Gasteiger charge is -2.33. The maximum absolute atomic E-state index is 14.0. The van der Waals surface area contributed by atoms with E-state index in [0.717, 1.165) is 23.3 Å². The van der Waals surface area contributed by atoms with Crippen molar-refractivity contribution in [3.05, 3.63) is 41.6 Å². The van der Waals surface area contributed by atoms with Gasteiger partial charge in [-0.1, -0.05) is 37.1 Å². The second kappa shape index (κ2) is 10.7. The van der Waals surface area contributed by atoms with Crippen LogP contribution in [0.5, 0.6) is 5.75 Å². The van der Waals surface area contributed by atoms with Gasteiger partial charge < -0.3 is 25.2 Å². The van der Waals surface area contributed by atoms with Gasteiger partial charge in [0.05, 0.1) is 12.6 Å². The first kappa shape index (κ1) is 28.4. The number of fused-ring (bicyclic) bond motifs is 1. The molecule has 3 fully saturated rings. The van der Waals surface area contributed by atoms with Crippen LogP contribution in [0.25, 0.3) is 0 Å². The predicted molar refractivity (Wildman–Crippen MR) is 136 cm³/mol. The first-order chi connectivity index (χ1) is 19.4. The van der Waals surface area contributed by atoms with E-state index >= 15 is 0 Å². The Hall–Kier alpha value is -4.08. The minimum atomic E-state index is -5.20. The number of carbonyl (C=O) groups excluding carboxylic acids is 4. The topological polar surface area (TPSA) is 132 Å². The largest absolute Gasteiger partial charge is 0.475 e. The van der Waals surface area contributed by atoms with Crippen LogP contribution in [0.1, 0.15) is 44.1 Å². The SMILES string of the molecule is CN(C(=O)C(=CC1CC1)NC(=O)C(F)(F)F)[C@@H](CC1CC1)C(=O)N1C[C@@]2(C[C@H]1C#N)Oc1ccccc1CNC2=O. The molecule has 0 bridgehead atoms. The summed E-state index contributed by atoms with van der Waals surface area (Å²) in [7, 11) is 1.30. The molecule has 1 aromatic carbocycles. The highest BCUT2D eigenvalue weighted by Crippen LogP contribution is 2.39. The number of amides is 4. The molecule has 4 amide bonds. The fourth-order valence-corrected chi connectivity index (χ4v) is 5.28. The number of alkyl halides is 3. The Bertz CT molecular complexity index is 1330. The average Bonchev–Trinajstić information content (AvgIpc) is 3.87. The highest BCUT2D eigenvalue weighted by atomic mass is 19.4. The Balaban J connectivity index is 1.41. The van der Waals surface area contributed by atoms with Gasteiger partial charge in [0.15, 0.2) is 0 Å². The Morgan fingerprint density at radius 2 is 1.98 bits per heavy atom. The number of nitrogens with one attached hydrogen (secondary N) is 2. The summed E-state index contributed by atoms with van der Waals surface area (Å²) in [5.74, 6) is -3.89. The van der Waals surface area contributed by atoms with Crippen molar-refractivity contribution in [2.24, 2.45) is 11.8 Å². The van der Waals surface area contributed by atoms with E-state index in [9.17, 15) is 37.6 Å². The van der Waals surface area contributed by atoms with Gasteiger partial charge >= 0.3 is 12.1 Å². The zero-order valence-electron chi connectivity index (χ0n) is 22.4. The minimum absolute atomic E-state index is 0.0995. The van der Waals surface area contributed by atoms with Crippen LogP contribution in [0.4, 0.5) is 13.2 Å². The van der Waals surface area contributed by atoms with Crippen LogP contribution < -0.4 is 15.4 Å². The second-order valence-electron chi connectivity index (χ2n) is 11.2. The molecule has 41 heavy (non-hydrogen) atoms. The molecule has 2 aliphatic heterocycles. The van der Waals surface area contributed by atoms with Crippen LogP contribution in [0.3, 0.4) is 0 Å². The minimum Gasteiger partial charge on any atom is -0.475 e. The number of allylic oxidation sites excluding steroid dienone is 1. The summed E-state index contributed by atoms with van der Waals surface area (Å²) in [6.07, 6.45) is -0.821. The number of benzene rings is 1. The Morgan fingerprint density at radius 1 is 1.27 bits per heavy atom. The van der Waals surface area contributed by atoms with Gasteiger partial charge in [-0.2, -0.15) is 18.4 Å². The van der Waals surface area contributed by atoms with Crippen molar-refractivity contribution >= 4 is 23.6 Å². The summed E-state index contributed by atoms with van der Waals surface area (Å²) in [5, 5.41) is 14.5. The quantitative estimate of drug-likeness (QED) is 0.481. The van der Waals surface area contributed by atoms with Crippen molar-refractivity contribution in [1.82, 2.24) is 20.4 Å². The molecule has 2 aliphatic carbocycles. The maximum Gasteiger partial charge on any atom is 0.471 e. The van der Waals surface area contributed by atoms with Crippen LogP contribution in [-0.2, 0) is 25.7 Å². The Kier molecular flexibility index (Phi) is 7.44. The van der Waals surface area contributed by atoms with Crippen LogP contribution in [0.2, 0.25) is 0 Å². The first-order valence-electron chi connectivity index (χ1n) is 13.5. The van der Waals surface area contributed by atoms with Crippen molar-refractivity contribution in [2.45, 2.75) is 68.9 Å². The molecule has 1 saturated heterocycles. The maximum atomic E-state index is 14.0. The lowest BCUT2D eigenvalue weighted by molar-refractivity contribution is -0.173. The molecule has 2 N–H and O–H groups in total. The van der Waals surface area contributed by atoms with E-state index in [2.05, 4.69) is 11.4 Å². The van der Waals surface area contributed by atoms with Gasteiger partial charge in [-0.3, -0.25) is 19.2 Å². The van der Waals surface area contributed by atoms with Crippen LogP contribution in [0.15, 0.2) is 36.0 Å². The predicted octanol–water partition coefficient (Wildman–Crippen LogP) is 2.16. The third-order valence-corrected chi connectivity index (χ3v) is 7.98. The highest BCUT2D eigenvalue weighted by Gasteiger charge is 2.55. The fourth-order valence-electron chi connectivity index (χ4n) is 5.28. The van der Waals surface area contributed by atoms with Crippen molar-refractivity contribution < 1.29 is 37.1 Å². The van der Waals surface area contributed by atoms with E-state index in [1.165, 1.54) is 18.0 Å². The normalized spacial score (nSPS) is 24.9. The number of hydrogen-bond acceptors (Lipinski definition) is 6. The smallest absolute Gasteiger partial charge is 0.471 e. The van der Waals surface area contributed by atoms with E-state index in [1.54, 1.807) is 29.6 Å². The number of hydrogen-bond donors (Lipinski definition) is 2. The lowest BCUT2D eigenvalue weighted by atomic mass is 9.99. The van der Waals surface area contributed by atoms with Gasteiger partial charge in [0.25, 0.3) is 11.8 Å². The van der Waals surface area contributed by atoms with Crippen molar-refractivity contribution in [1.29, 1.82) is 5.26 Å². The van der Waals surface area contributed by atoms with Gasteiger partial charge in [-0.25, -0.2) is 0 Å². The average molecular weight is 574 g/mol. The zero-order chi connectivity index (χ0) is 29.5. The van der Waals surface area contributed by atoms with E-state index in [1.807, 2.05) is 0 Å². The summed E-state index contributed by atoms with van der Waals surface area (Å²) in [6, 6.07) is 6.94. The van der Waals surface area contributed by atoms with Crippen LogP contribution in [-0.4, -0.2) is 70.9 Å². The number of likely N-dealkylation sites (N-methyl/N-ethyl adjacent to an activating group) is 1. The fraction of sp³-hybridized carbons (Fsp3) is 0.536. The number of nitriles is 1. The number of nitrogens with zero attached hydrogens (tertiary/aromatic N) is 3. The molecule has 5 rings (SSSR count). The van der Waals surface area contributed by atoms with E-state index < -0.39 is 53.2 Å². The highest BCUT2D eigenvalue weighted by molar-refractivity contribution is 6.01. The van der Waals surface area contributed by atoms with Crippen molar-refractivity contribution in [3.63, 3.8) is 0 Å². The summed E-state index contributed by atoms with van der Waals surface area (Å²) in [5.41, 5.74) is -1.33. The van der Waals surface area contributed by atoms with Crippen molar-refractivity contribution in [2.75, 3.05) is 13.6 Å². The third-order valence-electron chi connectivity index (χ3n) is 7.98. The molecule has 218 valence electrons. The summed E-state index contributed by atoms with van der Waals surface area (Å²) in [6.45, 7) is -0.0355.